The fourth-order valence-corrected chi connectivity index (χ4v) is 3.16. The number of hydrogen-bond donors (Lipinski definition) is 1. The van der Waals surface area contributed by atoms with E-state index in [1.807, 2.05) is 0 Å². The summed E-state index contributed by atoms with van der Waals surface area (Å²) in [6.45, 7) is 0. The van der Waals surface area contributed by atoms with Crippen molar-refractivity contribution in [2.75, 3.05) is 5.32 Å². The van der Waals surface area contributed by atoms with Crippen molar-refractivity contribution in [3.63, 3.8) is 0 Å². The average Bonchev–Trinajstić information content (AvgIpc) is 2.63. The highest BCUT2D eigenvalue weighted by Gasteiger charge is 2.38. The predicted molar refractivity (Wildman–Crippen MR) is 101 cm³/mol. The van der Waals surface area contributed by atoms with Crippen molar-refractivity contribution in [3.05, 3.63) is 66.6 Å². The van der Waals surface area contributed by atoms with Crippen LogP contribution in [0.25, 0.3) is 0 Å². The van der Waals surface area contributed by atoms with Gasteiger partial charge in [-0.25, -0.2) is 4.79 Å². The first-order chi connectivity index (χ1) is 12.8. The smallest absolute Gasteiger partial charge is 0.314 e. The second kappa shape index (κ2) is 7.37. The summed E-state index contributed by atoms with van der Waals surface area (Å²) in [6, 6.07) is 9.14. The van der Waals surface area contributed by atoms with Crippen LogP contribution in [0.1, 0.15) is 20.7 Å². The SMILES string of the molecule is O=C1Nc2c(cc(Br)c(Br)c2[N+](=O)[O-])C(=O)C1=NOC(=O)c1ccccc1. The lowest BCUT2D eigenvalue weighted by atomic mass is 9.99. The number of nitrogens with one attached hydrogen (secondary N) is 1. The molecular formula is C16H7Br2N3O6. The molecule has 1 heterocycles. The number of halogens is 2. The van der Waals surface area contributed by atoms with Gasteiger partial charge in [0.1, 0.15) is 10.2 Å². The molecule has 0 atom stereocenters. The third kappa shape index (κ3) is 3.51. The van der Waals surface area contributed by atoms with Crippen LogP contribution < -0.4 is 5.32 Å². The van der Waals surface area contributed by atoms with E-state index in [4.69, 9.17) is 0 Å². The van der Waals surface area contributed by atoms with E-state index in [1.54, 1.807) is 18.2 Å². The number of nitro groups is 1. The molecule has 1 aliphatic heterocycles. The van der Waals surface area contributed by atoms with Gasteiger partial charge < -0.3 is 10.2 Å². The summed E-state index contributed by atoms with van der Waals surface area (Å²) in [5.74, 6) is -2.80. The maximum Gasteiger partial charge on any atom is 0.365 e. The fourth-order valence-electron chi connectivity index (χ4n) is 2.29. The standard InChI is InChI=1S/C16H7Br2N3O6/c17-9-6-8-11(13(10(9)18)21(25)26)19-15(23)12(14(8)22)20-27-16(24)7-4-2-1-3-5-7/h1-6H,(H,19,23). The Labute approximate surface area is 167 Å². The van der Waals surface area contributed by atoms with Crippen LogP contribution in [0.4, 0.5) is 11.4 Å². The number of hydrogen-bond acceptors (Lipinski definition) is 7. The van der Waals surface area contributed by atoms with Gasteiger partial charge in [-0.1, -0.05) is 23.4 Å². The third-order valence-electron chi connectivity index (χ3n) is 3.52. The molecule has 0 saturated carbocycles. The molecule has 0 fully saturated rings. The van der Waals surface area contributed by atoms with E-state index in [0.29, 0.717) is 0 Å². The summed E-state index contributed by atoms with van der Waals surface area (Å²) < 4.78 is 0.299. The molecule has 0 saturated heterocycles. The van der Waals surface area contributed by atoms with E-state index in [0.717, 1.165) is 0 Å². The Hall–Kier alpha value is -2.92. The van der Waals surface area contributed by atoms with Gasteiger partial charge in [0.15, 0.2) is 0 Å². The molecule has 0 bridgehead atoms. The van der Waals surface area contributed by atoms with Crippen molar-refractivity contribution in [1.29, 1.82) is 0 Å². The molecule has 136 valence electrons. The van der Waals surface area contributed by atoms with Crippen molar-refractivity contribution in [1.82, 2.24) is 0 Å². The Kier molecular flexibility index (Phi) is 5.15. The van der Waals surface area contributed by atoms with Gasteiger partial charge in [0.2, 0.25) is 11.5 Å². The Morgan fingerprint density at radius 2 is 1.85 bits per heavy atom. The van der Waals surface area contributed by atoms with Crippen LogP contribution in [0.3, 0.4) is 0 Å². The Balaban J connectivity index is 1.99. The number of amides is 1. The second-order valence-corrected chi connectivity index (χ2v) is 6.82. The molecule has 11 heteroatoms. The van der Waals surface area contributed by atoms with Crippen LogP contribution in [0, 0.1) is 10.1 Å². The first-order valence-electron chi connectivity index (χ1n) is 7.18. The van der Waals surface area contributed by atoms with Crippen molar-refractivity contribution < 1.29 is 24.1 Å². The van der Waals surface area contributed by atoms with Crippen molar-refractivity contribution in [2.24, 2.45) is 5.16 Å². The minimum Gasteiger partial charge on any atom is -0.314 e. The highest BCUT2D eigenvalue weighted by molar-refractivity contribution is 9.13. The quantitative estimate of drug-likeness (QED) is 0.393. The van der Waals surface area contributed by atoms with Crippen molar-refractivity contribution in [3.8, 4) is 0 Å². The van der Waals surface area contributed by atoms with Crippen molar-refractivity contribution >= 4 is 66.6 Å². The number of ketones is 1. The lowest BCUT2D eigenvalue weighted by Gasteiger charge is -2.17. The predicted octanol–water partition coefficient (Wildman–Crippen LogP) is 3.47. The Bertz CT molecular complexity index is 1040. The molecule has 9 nitrogen and oxygen atoms in total. The lowest BCUT2D eigenvalue weighted by molar-refractivity contribution is -0.384. The number of carbonyl (C=O) groups excluding carboxylic acids is 3. The van der Waals surface area contributed by atoms with Gasteiger partial charge >= 0.3 is 11.7 Å². The maximum absolute atomic E-state index is 12.6. The Morgan fingerprint density at radius 1 is 1.19 bits per heavy atom. The van der Waals surface area contributed by atoms with E-state index >= 15 is 0 Å². The van der Waals surface area contributed by atoms with Crippen LogP contribution in [0.5, 0.6) is 0 Å². The minimum absolute atomic E-state index is 0.0650. The number of nitrogens with zero attached hydrogens (tertiary/aromatic N) is 2. The molecule has 0 spiro atoms. The number of anilines is 1. The molecular weight excluding hydrogens is 490 g/mol. The van der Waals surface area contributed by atoms with Gasteiger partial charge in [-0.3, -0.25) is 19.7 Å². The summed E-state index contributed by atoms with van der Waals surface area (Å²) in [7, 11) is 0. The number of nitro benzene ring substituents is 1. The molecule has 0 aliphatic carbocycles. The first kappa shape index (κ1) is 18.9. The monoisotopic (exact) mass is 495 g/mol. The number of carbonyl (C=O) groups is 3. The van der Waals surface area contributed by atoms with E-state index in [1.165, 1.54) is 18.2 Å². The third-order valence-corrected chi connectivity index (χ3v) is 5.48. The fraction of sp³-hybridized carbons (Fsp3) is 0. The minimum atomic E-state index is -1.02. The van der Waals surface area contributed by atoms with Crippen LogP contribution in [0.15, 0.2) is 50.5 Å². The van der Waals surface area contributed by atoms with Crippen LogP contribution in [-0.2, 0) is 9.63 Å². The molecule has 1 aliphatic rings. The summed E-state index contributed by atoms with van der Waals surface area (Å²) in [5.41, 5.74) is -1.44. The number of fused-ring (bicyclic) bond motifs is 1. The highest BCUT2D eigenvalue weighted by Crippen LogP contribution is 2.42. The number of benzene rings is 2. The lowest BCUT2D eigenvalue weighted by Crippen LogP contribution is -2.36. The zero-order valence-electron chi connectivity index (χ0n) is 13.1. The number of oxime groups is 1. The molecule has 2 aromatic rings. The average molecular weight is 497 g/mol. The molecule has 0 radical (unpaired) electrons. The normalized spacial score (nSPS) is 14.5. The van der Waals surface area contributed by atoms with Gasteiger partial charge in [-0.2, -0.15) is 0 Å². The summed E-state index contributed by atoms with van der Waals surface area (Å²) in [5, 5.41) is 16.9. The van der Waals surface area contributed by atoms with Gasteiger partial charge in [0.25, 0.3) is 5.91 Å². The molecule has 1 N–H and O–H groups in total. The zero-order valence-corrected chi connectivity index (χ0v) is 16.2. The van der Waals surface area contributed by atoms with E-state index < -0.39 is 34.0 Å². The van der Waals surface area contributed by atoms with Crippen LogP contribution in [0.2, 0.25) is 0 Å². The zero-order chi connectivity index (χ0) is 19.7. The maximum atomic E-state index is 12.6. The van der Waals surface area contributed by atoms with Crippen LogP contribution >= 0.6 is 31.9 Å². The van der Waals surface area contributed by atoms with E-state index in [9.17, 15) is 24.5 Å². The van der Waals surface area contributed by atoms with Crippen LogP contribution in [-0.4, -0.2) is 28.3 Å². The van der Waals surface area contributed by atoms with Gasteiger partial charge in [0.05, 0.1) is 16.1 Å². The molecule has 1 amide bonds. The first-order valence-corrected chi connectivity index (χ1v) is 8.76. The molecule has 27 heavy (non-hydrogen) atoms. The highest BCUT2D eigenvalue weighted by atomic mass is 79.9. The number of rotatable bonds is 3. The second-order valence-electron chi connectivity index (χ2n) is 5.17. The van der Waals surface area contributed by atoms with Gasteiger partial charge in [-0.15, -0.1) is 0 Å². The van der Waals surface area contributed by atoms with E-state index in [-0.39, 0.29) is 25.8 Å². The molecule has 3 rings (SSSR count). The van der Waals surface area contributed by atoms with Crippen molar-refractivity contribution in [2.45, 2.75) is 0 Å². The van der Waals surface area contributed by atoms with Gasteiger partial charge in [-0.05, 0) is 50.1 Å². The molecule has 0 unspecified atom stereocenters. The molecule has 2 aromatic carbocycles. The van der Waals surface area contributed by atoms with E-state index in [2.05, 4.69) is 47.2 Å². The molecule has 0 aromatic heterocycles. The van der Waals surface area contributed by atoms with Gasteiger partial charge in [0, 0.05) is 4.47 Å². The summed E-state index contributed by atoms with van der Waals surface area (Å²) in [4.78, 5) is 51.9. The summed E-state index contributed by atoms with van der Waals surface area (Å²) >= 11 is 6.15. The topological polar surface area (TPSA) is 128 Å². The number of Topliss-reactive ketones (excluding diaryl/α,β-unsaturated/α-hetero) is 1. The largest absolute Gasteiger partial charge is 0.365 e. The Morgan fingerprint density at radius 3 is 2.48 bits per heavy atom. The summed E-state index contributed by atoms with van der Waals surface area (Å²) in [6.07, 6.45) is 0.